The normalized spacial score (nSPS) is 12.7. The number of benzene rings is 22. The quantitative estimate of drug-likeness (QED) is 0.0965. The standard InChI is InChI=1S/C67H43NO2.C67H43NOS/c1-3-16-48(17-4-1)67(49-18-5-2-6-19-49)58-26-10-7-21-56(58)65-59(67)27-15-28-60(65)68(51-42-38-46(39-43-51)52-23-14-31-63-64(52)57-22-9-12-30-62(57)69-63)50-40-36-45(37-41-50)44-32-34-47(35-33-44)53-24-13-25-55-54-20-8-11-29-61(54)70-66(53)55;1-3-15-49(16-4-1)67(50-17-5-2-6-18-50)58-23-10-7-20-55(58)66-59(67)24-14-25-60(66)68(52-40-35-47(36-41-52)53-22-13-27-62-65(53)56-21-8-11-26-61(56)69-62)51-38-33-45(34-39-51)44-29-31-46(32-30-44)48-37-42-64-57(43-48)54-19-9-12-28-63(54)70-64/h2*1-43H. The van der Waals surface area contributed by atoms with E-state index in [1.807, 2.05) is 41.7 Å². The first-order chi connectivity index (χ1) is 69.4. The molecule has 2 aliphatic rings. The van der Waals surface area contributed by atoms with Crippen molar-refractivity contribution in [1.82, 2.24) is 0 Å². The number of para-hydroxylation sites is 4. The van der Waals surface area contributed by atoms with Gasteiger partial charge in [0.15, 0.2) is 0 Å². The average Bonchev–Trinajstić information content (AvgIpc) is 1.53. The van der Waals surface area contributed by atoms with Crippen LogP contribution in [0, 0.1) is 0 Å². The van der Waals surface area contributed by atoms with E-state index in [0.717, 1.165) is 144 Å². The fourth-order valence-corrected chi connectivity index (χ4v) is 24.1. The molecule has 0 fully saturated rings. The molecule has 0 spiro atoms. The van der Waals surface area contributed by atoms with Crippen LogP contribution in [0.15, 0.2) is 535 Å². The van der Waals surface area contributed by atoms with Gasteiger partial charge in [0.25, 0.3) is 0 Å². The number of hydrogen-bond acceptors (Lipinski definition) is 6. The third kappa shape index (κ3) is 13.2. The summed E-state index contributed by atoms with van der Waals surface area (Å²) in [5.74, 6) is 0. The summed E-state index contributed by atoms with van der Waals surface area (Å²) >= 11 is 1.86. The van der Waals surface area contributed by atoms with Gasteiger partial charge in [-0.1, -0.05) is 413 Å². The minimum atomic E-state index is -0.530. The lowest BCUT2D eigenvalue weighted by Gasteiger charge is -2.34. The Hall–Kier alpha value is -17.9. The number of nitrogens with zero attached hydrogens (tertiary/aromatic N) is 2. The topological polar surface area (TPSA) is 45.9 Å². The van der Waals surface area contributed by atoms with E-state index >= 15 is 0 Å². The van der Waals surface area contributed by atoms with Crippen LogP contribution in [0.4, 0.5) is 34.1 Å². The summed E-state index contributed by atoms with van der Waals surface area (Å²) < 4.78 is 21.7. The molecule has 0 saturated heterocycles. The smallest absolute Gasteiger partial charge is 0.143 e. The summed E-state index contributed by atoms with van der Waals surface area (Å²) in [6, 6.07) is 190. The highest BCUT2D eigenvalue weighted by molar-refractivity contribution is 7.25. The lowest BCUT2D eigenvalue weighted by Crippen LogP contribution is -2.28. The summed E-state index contributed by atoms with van der Waals surface area (Å²) in [5.41, 5.74) is 39.7. The highest BCUT2D eigenvalue weighted by atomic mass is 32.1. The lowest BCUT2D eigenvalue weighted by atomic mass is 9.68. The highest BCUT2D eigenvalue weighted by Crippen LogP contribution is 2.63. The van der Waals surface area contributed by atoms with E-state index in [1.54, 1.807) is 0 Å². The van der Waals surface area contributed by atoms with Gasteiger partial charge in [0, 0.05) is 91.9 Å². The van der Waals surface area contributed by atoms with E-state index in [1.165, 1.54) is 109 Å². The van der Waals surface area contributed by atoms with E-state index in [2.05, 4.69) is 501 Å². The molecule has 0 aliphatic heterocycles. The minimum absolute atomic E-state index is 0.523. The van der Waals surface area contributed by atoms with Crippen LogP contribution in [-0.2, 0) is 10.8 Å². The molecule has 2 aliphatic carbocycles. The molecule has 4 aromatic heterocycles. The van der Waals surface area contributed by atoms with Gasteiger partial charge in [-0.15, -0.1) is 11.3 Å². The van der Waals surface area contributed by atoms with Crippen LogP contribution in [0.25, 0.3) is 175 Å². The molecule has 0 amide bonds. The van der Waals surface area contributed by atoms with Gasteiger partial charge in [-0.2, -0.15) is 0 Å². The Kier molecular flexibility index (Phi) is 19.6. The summed E-state index contributed by atoms with van der Waals surface area (Å²) in [6.07, 6.45) is 0. The zero-order valence-corrected chi connectivity index (χ0v) is 77.0. The van der Waals surface area contributed by atoms with Gasteiger partial charge in [0.1, 0.15) is 33.5 Å². The van der Waals surface area contributed by atoms with Crippen molar-refractivity contribution in [3.8, 4) is 89.0 Å². The second-order valence-electron chi connectivity index (χ2n) is 36.6. The molecule has 0 radical (unpaired) electrons. The molecule has 0 bridgehead atoms. The van der Waals surface area contributed by atoms with Crippen LogP contribution >= 0.6 is 11.3 Å². The fourth-order valence-electron chi connectivity index (χ4n) is 23.0. The molecule has 26 aromatic rings. The van der Waals surface area contributed by atoms with E-state index in [-0.39, 0.29) is 0 Å². The molecule has 140 heavy (non-hydrogen) atoms. The molecular weight excluding hydrogens is 1720 g/mol. The average molecular weight is 1800 g/mol. The Morgan fingerprint density at radius 2 is 0.471 bits per heavy atom. The molecule has 0 saturated carbocycles. The van der Waals surface area contributed by atoms with Gasteiger partial charge in [0.05, 0.1) is 22.2 Å². The summed E-state index contributed by atoms with van der Waals surface area (Å²) in [5, 5.41) is 9.43. The molecule has 22 aromatic carbocycles. The molecule has 6 heteroatoms. The van der Waals surface area contributed by atoms with Gasteiger partial charge >= 0.3 is 0 Å². The minimum Gasteiger partial charge on any atom is -0.456 e. The molecule has 5 nitrogen and oxygen atoms in total. The van der Waals surface area contributed by atoms with Gasteiger partial charge in [0.2, 0.25) is 0 Å². The van der Waals surface area contributed by atoms with Crippen LogP contribution in [0.3, 0.4) is 0 Å². The van der Waals surface area contributed by atoms with Crippen LogP contribution in [0.1, 0.15) is 44.5 Å². The third-order valence-corrected chi connectivity index (χ3v) is 30.3. The molecule has 4 heterocycles. The van der Waals surface area contributed by atoms with Crippen molar-refractivity contribution in [2.24, 2.45) is 0 Å². The summed E-state index contributed by atoms with van der Waals surface area (Å²) in [7, 11) is 0. The van der Waals surface area contributed by atoms with Crippen molar-refractivity contribution in [2.45, 2.75) is 10.8 Å². The van der Waals surface area contributed by atoms with Crippen molar-refractivity contribution in [3.63, 3.8) is 0 Å². The van der Waals surface area contributed by atoms with E-state index in [4.69, 9.17) is 13.3 Å². The summed E-state index contributed by atoms with van der Waals surface area (Å²) in [6.45, 7) is 0. The maximum Gasteiger partial charge on any atom is 0.143 e. The van der Waals surface area contributed by atoms with Crippen molar-refractivity contribution in [3.05, 3.63) is 566 Å². The van der Waals surface area contributed by atoms with Crippen molar-refractivity contribution >= 4 is 131 Å². The van der Waals surface area contributed by atoms with Crippen molar-refractivity contribution in [2.75, 3.05) is 9.80 Å². The van der Waals surface area contributed by atoms with E-state index < -0.39 is 10.8 Å². The van der Waals surface area contributed by atoms with Crippen LogP contribution in [0.2, 0.25) is 0 Å². The van der Waals surface area contributed by atoms with Crippen LogP contribution in [0.5, 0.6) is 0 Å². The maximum atomic E-state index is 6.41. The molecule has 0 atom stereocenters. The van der Waals surface area contributed by atoms with E-state index in [9.17, 15) is 0 Å². The molecule has 28 rings (SSSR count). The zero-order valence-electron chi connectivity index (χ0n) is 76.2. The van der Waals surface area contributed by atoms with Crippen LogP contribution in [-0.4, -0.2) is 0 Å². The van der Waals surface area contributed by atoms with Crippen molar-refractivity contribution < 1.29 is 13.3 Å². The second kappa shape index (κ2) is 33.6. The Morgan fingerprint density at radius 1 is 0.179 bits per heavy atom. The first-order valence-corrected chi connectivity index (χ1v) is 48.8. The van der Waals surface area contributed by atoms with E-state index in [0.29, 0.717) is 0 Å². The highest BCUT2D eigenvalue weighted by Gasteiger charge is 2.49. The van der Waals surface area contributed by atoms with Gasteiger partial charge in [-0.25, -0.2) is 0 Å². The number of hydrogen-bond donors (Lipinski definition) is 0. The number of rotatable bonds is 16. The lowest BCUT2D eigenvalue weighted by molar-refractivity contribution is 0.668. The Morgan fingerprint density at radius 3 is 0.921 bits per heavy atom. The zero-order chi connectivity index (χ0) is 92.4. The SMILES string of the molecule is c1ccc(C2(c3ccccc3)c3ccccc3-c3c(N(c4ccc(-c5ccc(-c6ccc7sc8ccccc8c7c6)cc5)cc4)c4ccc(-c5cccc6oc7ccccc7c56)cc4)cccc32)cc1.c1ccc(C2(c3ccccc3)c3ccccc3-c3c(N(c4ccc(-c5ccc(-c6cccc7c6oc6ccccc67)cc5)cc4)c4ccc(-c5cccc6oc7ccccc7c56)cc4)cccc32)cc1. The number of fused-ring (bicyclic) bond motifs is 18. The predicted octanol–water partition coefficient (Wildman–Crippen LogP) is 37.1. The van der Waals surface area contributed by atoms with Crippen LogP contribution < -0.4 is 9.80 Å². The fraction of sp³-hybridized carbons (Fsp3) is 0.0149. The molecule has 0 unspecified atom stereocenters. The molecule has 0 N–H and O–H groups in total. The van der Waals surface area contributed by atoms with Crippen molar-refractivity contribution in [1.29, 1.82) is 0 Å². The third-order valence-electron chi connectivity index (χ3n) is 29.2. The number of thiophene rings is 1. The van der Waals surface area contributed by atoms with Gasteiger partial charge in [-0.3, -0.25) is 0 Å². The first kappa shape index (κ1) is 81.6. The maximum absolute atomic E-state index is 6.41. The number of furan rings is 3. The summed E-state index contributed by atoms with van der Waals surface area (Å²) in [4.78, 5) is 4.90. The first-order valence-electron chi connectivity index (χ1n) is 48.0. The van der Waals surface area contributed by atoms with Gasteiger partial charge in [-0.05, 0) is 226 Å². The Bertz CT molecular complexity index is 9170. The Labute approximate surface area is 814 Å². The van der Waals surface area contributed by atoms with Gasteiger partial charge < -0.3 is 23.1 Å². The predicted molar refractivity (Wildman–Crippen MR) is 584 cm³/mol. The largest absolute Gasteiger partial charge is 0.456 e. The molecule has 656 valence electrons. The Balaban J connectivity index is 0.000000141. The number of anilines is 6. The monoisotopic (exact) mass is 1800 g/mol. The molecular formula is C134H86N2O3S. The second-order valence-corrected chi connectivity index (χ2v) is 37.7.